The van der Waals surface area contributed by atoms with Crippen molar-refractivity contribution < 1.29 is 20.6 Å². The number of rotatable bonds is 8. The van der Waals surface area contributed by atoms with Crippen LogP contribution in [0.15, 0.2) is 339 Å². The fourth-order valence-electron chi connectivity index (χ4n) is 18.0. The van der Waals surface area contributed by atoms with Crippen molar-refractivity contribution in [2.75, 3.05) is 0 Å². The van der Waals surface area contributed by atoms with Gasteiger partial charge in [0, 0.05) is 60.2 Å². The Morgan fingerprint density at radius 2 is 0.521 bits per heavy atom. The lowest BCUT2D eigenvalue weighted by Crippen LogP contribution is -2.22. The van der Waals surface area contributed by atoms with Crippen LogP contribution in [0.25, 0.3) is 154 Å². The standard InChI is InChI=1S/C42H45N.C40H32N2.C32H33N.3CH4/c1-40(2,3)30-25-29(26-31(27-30)41(4,5)6)34-23-24-36-38(39(34)42(7,8)9)37-33(28-17-12-10-13-18-28)21-16-22-35(37)43(36)32-19-14-11-15-20-32;1-40(2,3)39-36(42-32-22-12-10-19-30(32)31-20-11-13-23-33(31)42)26-25-35-38(39)37-29(27-15-6-4-7-16-27)21-14-24-34(37)41(35)28-17-8-5-9-18-28;1-31(2,3)25-20-21-27-29(30(25)32(4,5)6)28-24(22-14-9-7-10-15-22)18-13-19-26(28)33(27)23-16-11-8-12-17-23;;;/h10-27H,1-9H3;4-26H,1-3H3;7-21H,1-6H3;3*1H4/i10D,12D,13D,17D,18D;4D,6D,7D,15D,16D;7D,9D,10D,14D,15D;;;. The maximum atomic E-state index is 8.97. The van der Waals surface area contributed by atoms with E-state index in [1.54, 1.807) is 0 Å². The average Bonchev–Trinajstić information content (AvgIpc) is 1.56. The van der Waals surface area contributed by atoms with Crippen LogP contribution in [0, 0.1) is 0 Å². The van der Waals surface area contributed by atoms with Gasteiger partial charge in [0.05, 0.1) is 70.4 Å². The minimum Gasteiger partial charge on any atom is -0.309 e. The van der Waals surface area contributed by atoms with Gasteiger partial charge in [-0.3, -0.25) is 0 Å². The van der Waals surface area contributed by atoms with Gasteiger partial charge in [0.1, 0.15) is 0 Å². The van der Waals surface area contributed by atoms with Gasteiger partial charge in [-0.05, 0) is 201 Å². The maximum absolute atomic E-state index is 8.97. The van der Waals surface area contributed by atoms with E-state index in [0.717, 1.165) is 121 Å². The quantitative estimate of drug-likeness (QED) is 0.144. The van der Waals surface area contributed by atoms with E-state index >= 15 is 0 Å². The molecule has 4 heterocycles. The molecule has 15 aromatic carbocycles. The van der Waals surface area contributed by atoms with E-state index in [1.807, 2.05) is 91.0 Å². The lowest BCUT2D eigenvalue weighted by atomic mass is 9.73. The number of hydrogen-bond donors (Lipinski definition) is 0. The highest BCUT2D eigenvalue weighted by Gasteiger charge is 2.34. The fourth-order valence-corrected chi connectivity index (χ4v) is 18.0. The van der Waals surface area contributed by atoms with E-state index < -0.39 is 12.1 Å². The first-order valence-corrected chi connectivity index (χ1v) is 41.0. The van der Waals surface area contributed by atoms with Gasteiger partial charge >= 0.3 is 0 Å². The number of benzene rings is 15. The molecule has 0 fully saturated rings. The molecule has 4 heteroatoms. The van der Waals surface area contributed by atoms with Crippen LogP contribution in [0.2, 0.25) is 0 Å². The van der Waals surface area contributed by atoms with Crippen molar-refractivity contribution in [1.29, 1.82) is 0 Å². The van der Waals surface area contributed by atoms with Crippen LogP contribution in [0.3, 0.4) is 0 Å². The zero-order chi connectivity index (χ0) is 95.6. The zero-order valence-electron chi connectivity index (χ0n) is 86.0. The highest BCUT2D eigenvalue weighted by Crippen LogP contribution is 2.52. The molecule has 0 saturated heterocycles. The Bertz CT molecular complexity index is 7800. The minimum absolute atomic E-state index is 0. The molecule has 0 aliphatic carbocycles. The Morgan fingerprint density at radius 3 is 0.868 bits per heavy atom. The molecule has 0 bridgehead atoms. The Morgan fingerprint density at radius 1 is 0.215 bits per heavy atom. The van der Waals surface area contributed by atoms with Gasteiger partial charge in [0.15, 0.2) is 0 Å². The summed E-state index contributed by atoms with van der Waals surface area (Å²) in [6, 6.07) is 81.1. The first-order chi connectivity index (χ1) is 62.7. The number of para-hydroxylation sites is 5. The van der Waals surface area contributed by atoms with Crippen LogP contribution >= 0.6 is 0 Å². The lowest BCUT2D eigenvalue weighted by Gasteiger charge is -2.31. The Kier molecular flexibility index (Phi) is 18.1. The van der Waals surface area contributed by atoms with Gasteiger partial charge in [0.25, 0.3) is 0 Å². The van der Waals surface area contributed by atoms with Gasteiger partial charge < -0.3 is 18.3 Å². The Balaban J connectivity index is 0.000000163. The molecule has 0 atom stereocenters. The van der Waals surface area contributed by atoms with E-state index in [9.17, 15) is 0 Å². The van der Waals surface area contributed by atoms with Gasteiger partial charge in [-0.2, -0.15) is 0 Å². The van der Waals surface area contributed by atoms with E-state index in [-0.39, 0.29) is 150 Å². The molecule has 610 valence electrons. The van der Waals surface area contributed by atoms with Crippen LogP contribution in [-0.2, 0) is 32.5 Å². The normalized spacial score (nSPS) is 13.9. The molecule has 0 saturated carbocycles. The number of hydrogen-bond acceptors (Lipinski definition) is 0. The third kappa shape index (κ3) is 15.4. The summed E-state index contributed by atoms with van der Waals surface area (Å²) in [5.74, 6) is 0. The molecule has 0 spiro atoms. The smallest absolute Gasteiger partial charge is 0.0629 e. The van der Waals surface area contributed by atoms with Crippen molar-refractivity contribution in [1.82, 2.24) is 18.3 Å². The molecular formula is C117H122N4. The maximum Gasteiger partial charge on any atom is 0.0629 e. The highest BCUT2D eigenvalue weighted by atomic mass is 15.0. The average molecular weight is 1600 g/mol. The predicted octanol–water partition coefficient (Wildman–Crippen LogP) is 33.8. The number of fused-ring (bicyclic) bond motifs is 12. The zero-order valence-corrected chi connectivity index (χ0v) is 71.0. The van der Waals surface area contributed by atoms with E-state index in [0.29, 0.717) is 16.7 Å². The fraction of sp³-hybridized carbons (Fsp3) is 0.231. The lowest BCUT2D eigenvalue weighted by molar-refractivity contribution is 0.535. The third-order valence-corrected chi connectivity index (χ3v) is 23.1. The van der Waals surface area contributed by atoms with Gasteiger partial charge in [-0.15, -0.1) is 0 Å². The van der Waals surface area contributed by atoms with Crippen molar-refractivity contribution in [2.24, 2.45) is 0 Å². The number of nitrogens with zero attached hydrogens (tertiary/aromatic N) is 4. The second kappa shape index (κ2) is 32.6. The molecule has 19 rings (SSSR count). The SMILES string of the molecule is C.C.C.[2H]c1c([2H])c([2H])c(-c2cccc3c2c2c(C(C)(C)C)c(-c4cc(C(C)(C)C)cc(C(C)(C)C)c4)ccc2n3-c2ccccc2)c([2H])c1[2H].[2H]c1c([2H])c([2H])c(-c2cccc3c2c2c(C(C)(C)C)c(-n4c5ccccc5c5ccccc54)ccc2n3-c2ccccc2)c([2H])c1[2H].[2H]c1c([2H])c([2H])c(-c2cccc3c2c2c(C(C)(C)C)c(C(C)(C)C)ccc2n3-c2ccccc2)c([2H])c1[2H]. The van der Waals surface area contributed by atoms with Crippen LogP contribution in [0.4, 0.5) is 0 Å². The van der Waals surface area contributed by atoms with Crippen molar-refractivity contribution in [3.05, 3.63) is 373 Å². The Labute approximate surface area is 741 Å². The summed E-state index contributed by atoms with van der Waals surface area (Å²) in [5.41, 5.74) is 23.0. The van der Waals surface area contributed by atoms with E-state index in [2.05, 4.69) is 301 Å². The molecule has 0 unspecified atom stereocenters. The van der Waals surface area contributed by atoms with Crippen LogP contribution < -0.4 is 0 Å². The van der Waals surface area contributed by atoms with Crippen molar-refractivity contribution in [2.45, 2.75) is 179 Å². The summed E-state index contributed by atoms with van der Waals surface area (Å²) in [6.45, 7) is 40.2. The molecule has 0 aliphatic rings. The van der Waals surface area contributed by atoms with Gasteiger partial charge in [-0.1, -0.05) is 395 Å². The second-order valence-electron chi connectivity index (χ2n) is 37.4. The van der Waals surface area contributed by atoms with Crippen molar-refractivity contribution in [3.63, 3.8) is 0 Å². The largest absolute Gasteiger partial charge is 0.309 e. The van der Waals surface area contributed by atoms with Crippen molar-refractivity contribution >= 4 is 87.2 Å². The molecule has 19 aromatic rings. The van der Waals surface area contributed by atoms with Crippen LogP contribution in [0.5, 0.6) is 0 Å². The van der Waals surface area contributed by atoms with Gasteiger partial charge in [-0.25, -0.2) is 0 Å². The summed E-state index contributed by atoms with van der Waals surface area (Å²) in [6.07, 6.45) is 0. The van der Waals surface area contributed by atoms with Crippen LogP contribution in [0.1, 0.15) is 201 Å². The second-order valence-corrected chi connectivity index (χ2v) is 37.4. The topological polar surface area (TPSA) is 19.7 Å². The third-order valence-electron chi connectivity index (χ3n) is 23.1. The molecule has 4 nitrogen and oxygen atoms in total. The monoisotopic (exact) mass is 1600 g/mol. The molecule has 4 aromatic heterocycles. The Hall–Kier alpha value is -12.5. The molecule has 0 aliphatic heterocycles. The molecule has 0 radical (unpaired) electrons. The van der Waals surface area contributed by atoms with E-state index in [4.69, 9.17) is 20.6 Å². The first-order valence-electron chi connectivity index (χ1n) is 48.5. The molecular weight excluding hydrogens is 1460 g/mol. The highest BCUT2D eigenvalue weighted by molar-refractivity contribution is 6.21. The van der Waals surface area contributed by atoms with Crippen molar-refractivity contribution in [3.8, 4) is 67.3 Å². The molecule has 121 heavy (non-hydrogen) atoms. The first kappa shape index (κ1) is 67.3. The van der Waals surface area contributed by atoms with Gasteiger partial charge in [0.2, 0.25) is 0 Å². The van der Waals surface area contributed by atoms with Crippen LogP contribution in [-0.4, -0.2) is 18.3 Å². The summed E-state index contributed by atoms with van der Waals surface area (Å²) in [7, 11) is 0. The summed E-state index contributed by atoms with van der Waals surface area (Å²) >= 11 is 0. The predicted molar refractivity (Wildman–Crippen MR) is 531 cm³/mol. The summed E-state index contributed by atoms with van der Waals surface area (Å²) < 4.78 is 138. The summed E-state index contributed by atoms with van der Waals surface area (Å²) in [4.78, 5) is 0. The number of aromatic nitrogens is 4. The molecule has 0 amide bonds. The molecule has 0 N–H and O–H groups in total. The summed E-state index contributed by atoms with van der Waals surface area (Å²) in [5, 5.41) is 8.08. The van der Waals surface area contributed by atoms with E-state index in [1.165, 1.54) is 33.0 Å². The minimum atomic E-state index is -0.397.